The molecule has 1 aromatic rings. The first-order valence-corrected chi connectivity index (χ1v) is 11.4. The molecule has 1 aliphatic carbocycles. The van der Waals surface area contributed by atoms with E-state index in [0.717, 1.165) is 25.2 Å². The van der Waals surface area contributed by atoms with E-state index in [0.29, 0.717) is 43.1 Å². The third kappa shape index (κ3) is 3.83. The third-order valence-corrected chi connectivity index (χ3v) is 7.05. The van der Waals surface area contributed by atoms with Crippen molar-refractivity contribution in [3.8, 4) is 11.5 Å². The SMILES string of the molecule is O=C1C(c2ccc3c(c2)OCCO3)=COC2C1CCC(O)C2CN1CCCCCC1. The van der Waals surface area contributed by atoms with Crippen molar-refractivity contribution < 1.29 is 24.1 Å². The number of Topliss-reactive ketones (excluding diaryl/α,β-unsaturated/α-hetero) is 1. The number of hydrogen-bond donors (Lipinski definition) is 1. The van der Waals surface area contributed by atoms with Gasteiger partial charge in [-0.25, -0.2) is 0 Å². The Morgan fingerprint density at radius 2 is 1.77 bits per heavy atom. The number of fused-ring (bicyclic) bond motifs is 2. The monoisotopic (exact) mass is 413 g/mol. The van der Waals surface area contributed by atoms with Gasteiger partial charge in [-0.05, 0) is 56.5 Å². The quantitative estimate of drug-likeness (QED) is 0.822. The number of likely N-dealkylation sites (tertiary alicyclic amines) is 1. The van der Waals surface area contributed by atoms with E-state index in [-0.39, 0.29) is 23.7 Å². The van der Waals surface area contributed by atoms with Crippen LogP contribution in [0.5, 0.6) is 11.5 Å². The van der Waals surface area contributed by atoms with Crippen molar-refractivity contribution in [1.82, 2.24) is 4.90 Å². The molecule has 6 nitrogen and oxygen atoms in total. The Kier molecular flexibility index (Phi) is 5.70. The van der Waals surface area contributed by atoms with Crippen LogP contribution in [0.15, 0.2) is 24.5 Å². The molecule has 6 heteroatoms. The molecule has 0 radical (unpaired) electrons. The molecule has 30 heavy (non-hydrogen) atoms. The first kappa shape index (κ1) is 19.9. The van der Waals surface area contributed by atoms with Crippen LogP contribution in [0, 0.1) is 11.8 Å². The Hall–Kier alpha value is -2.05. The van der Waals surface area contributed by atoms with Gasteiger partial charge >= 0.3 is 0 Å². The molecule has 0 spiro atoms. The van der Waals surface area contributed by atoms with Gasteiger partial charge in [-0.2, -0.15) is 0 Å². The minimum atomic E-state index is -0.411. The summed E-state index contributed by atoms with van der Waals surface area (Å²) in [6.45, 7) is 4.02. The molecule has 3 heterocycles. The molecule has 1 saturated heterocycles. The highest BCUT2D eigenvalue weighted by molar-refractivity contribution is 6.22. The first-order valence-electron chi connectivity index (χ1n) is 11.4. The lowest BCUT2D eigenvalue weighted by molar-refractivity contribution is -0.133. The van der Waals surface area contributed by atoms with Gasteiger partial charge in [0.2, 0.25) is 0 Å². The van der Waals surface area contributed by atoms with Crippen LogP contribution in [0.1, 0.15) is 44.1 Å². The Morgan fingerprint density at radius 3 is 2.57 bits per heavy atom. The minimum Gasteiger partial charge on any atom is -0.496 e. The molecule has 0 amide bonds. The number of ketones is 1. The fraction of sp³-hybridized carbons (Fsp3) is 0.625. The molecule has 2 fully saturated rings. The smallest absolute Gasteiger partial charge is 0.173 e. The summed E-state index contributed by atoms with van der Waals surface area (Å²) >= 11 is 0. The average molecular weight is 414 g/mol. The molecule has 4 aliphatic rings. The lowest BCUT2D eigenvalue weighted by atomic mass is 9.72. The van der Waals surface area contributed by atoms with Crippen LogP contribution in [0.2, 0.25) is 0 Å². The number of ether oxygens (including phenoxy) is 3. The van der Waals surface area contributed by atoms with Crippen molar-refractivity contribution >= 4 is 11.4 Å². The van der Waals surface area contributed by atoms with Crippen molar-refractivity contribution in [2.45, 2.75) is 50.7 Å². The predicted molar refractivity (Wildman–Crippen MR) is 112 cm³/mol. The van der Waals surface area contributed by atoms with Gasteiger partial charge in [-0.1, -0.05) is 18.9 Å². The summed E-state index contributed by atoms with van der Waals surface area (Å²) in [4.78, 5) is 15.9. The fourth-order valence-corrected chi connectivity index (χ4v) is 5.39. The van der Waals surface area contributed by atoms with Crippen LogP contribution in [0.25, 0.3) is 5.57 Å². The number of rotatable bonds is 3. The molecule has 4 atom stereocenters. The van der Waals surface area contributed by atoms with Gasteiger partial charge in [-0.3, -0.25) is 4.79 Å². The second-order valence-corrected chi connectivity index (χ2v) is 8.98. The normalized spacial score (nSPS) is 31.9. The maximum atomic E-state index is 13.4. The van der Waals surface area contributed by atoms with Crippen LogP contribution >= 0.6 is 0 Å². The lowest BCUT2D eigenvalue weighted by Gasteiger charge is -2.43. The topological polar surface area (TPSA) is 68.2 Å². The minimum absolute atomic E-state index is 0.0242. The molecular formula is C24H31NO5. The highest BCUT2D eigenvalue weighted by atomic mass is 16.6. The summed E-state index contributed by atoms with van der Waals surface area (Å²) in [5, 5.41) is 10.7. The number of aliphatic hydroxyl groups is 1. The van der Waals surface area contributed by atoms with E-state index >= 15 is 0 Å². The molecule has 5 rings (SSSR count). The molecule has 1 N–H and O–H groups in total. The van der Waals surface area contributed by atoms with E-state index in [2.05, 4.69) is 4.90 Å². The summed E-state index contributed by atoms with van der Waals surface area (Å²) in [5.41, 5.74) is 1.40. The van der Waals surface area contributed by atoms with Gasteiger partial charge in [0, 0.05) is 12.5 Å². The molecule has 162 valence electrons. The second kappa shape index (κ2) is 8.60. The van der Waals surface area contributed by atoms with Crippen molar-refractivity contribution in [3.63, 3.8) is 0 Å². The largest absolute Gasteiger partial charge is 0.496 e. The number of hydrogen-bond acceptors (Lipinski definition) is 6. The number of allylic oxidation sites excluding steroid dienone is 1. The second-order valence-electron chi connectivity index (χ2n) is 8.98. The van der Waals surface area contributed by atoms with Crippen molar-refractivity contribution in [2.75, 3.05) is 32.8 Å². The molecular weight excluding hydrogens is 382 g/mol. The fourth-order valence-electron chi connectivity index (χ4n) is 5.39. The van der Waals surface area contributed by atoms with E-state index in [1.807, 2.05) is 18.2 Å². The highest BCUT2D eigenvalue weighted by Gasteiger charge is 2.46. The standard InChI is InChI=1S/C24H31NO5/c26-20-7-6-17-23(27)19(16-5-8-21-22(13-16)29-12-11-28-21)15-30-24(17)18(20)14-25-9-3-1-2-4-10-25/h5,8,13,15,17-18,20,24,26H,1-4,6-7,9-12,14H2. The Balaban J connectivity index is 1.36. The van der Waals surface area contributed by atoms with Crippen molar-refractivity contribution in [1.29, 1.82) is 0 Å². The van der Waals surface area contributed by atoms with Crippen molar-refractivity contribution in [3.05, 3.63) is 30.0 Å². The van der Waals surface area contributed by atoms with Crippen LogP contribution in [0.3, 0.4) is 0 Å². The molecule has 3 aliphatic heterocycles. The van der Waals surface area contributed by atoms with Gasteiger partial charge in [0.25, 0.3) is 0 Å². The maximum Gasteiger partial charge on any atom is 0.173 e. The van der Waals surface area contributed by atoms with Gasteiger partial charge in [0.15, 0.2) is 17.3 Å². The molecule has 0 bridgehead atoms. The van der Waals surface area contributed by atoms with E-state index in [9.17, 15) is 9.90 Å². The summed E-state index contributed by atoms with van der Waals surface area (Å²) in [6.07, 6.45) is 7.28. The Labute approximate surface area is 177 Å². The summed E-state index contributed by atoms with van der Waals surface area (Å²) in [5.74, 6) is 1.29. The number of benzene rings is 1. The number of carbonyl (C=O) groups excluding carboxylic acids is 1. The number of carbonyl (C=O) groups is 1. The van der Waals surface area contributed by atoms with Crippen LogP contribution < -0.4 is 9.47 Å². The lowest BCUT2D eigenvalue weighted by Crippen LogP contribution is -2.52. The maximum absolute atomic E-state index is 13.4. The first-order chi connectivity index (χ1) is 14.7. The van der Waals surface area contributed by atoms with E-state index < -0.39 is 6.10 Å². The summed E-state index contributed by atoms with van der Waals surface area (Å²) in [6, 6.07) is 5.62. The summed E-state index contributed by atoms with van der Waals surface area (Å²) < 4.78 is 17.4. The zero-order valence-electron chi connectivity index (χ0n) is 17.4. The zero-order valence-corrected chi connectivity index (χ0v) is 17.4. The molecule has 1 saturated carbocycles. The van der Waals surface area contributed by atoms with Gasteiger partial charge < -0.3 is 24.2 Å². The van der Waals surface area contributed by atoms with Gasteiger partial charge in [-0.15, -0.1) is 0 Å². The summed E-state index contributed by atoms with van der Waals surface area (Å²) in [7, 11) is 0. The number of aliphatic hydroxyl groups excluding tert-OH is 1. The van der Waals surface area contributed by atoms with E-state index in [4.69, 9.17) is 14.2 Å². The zero-order chi connectivity index (χ0) is 20.5. The van der Waals surface area contributed by atoms with E-state index in [1.54, 1.807) is 6.26 Å². The van der Waals surface area contributed by atoms with Gasteiger partial charge in [0.05, 0.1) is 23.9 Å². The van der Waals surface area contributed by atoms with Gasteiger partial charge in [0.1, 0.15) is 19.3 Å². The third-order valence-electron chi connectivity index (χ3n) is 7.05. The molecule has 4 unspecified atom stereocenters. The number of nitrogens with zero attached hydrogens (tertiary/aromatic N) is 1. The van der Waals surface area contributed by atoms with Crippen LogP contribution in [0.4, 0.5) is 0 Å². The van der Waals surface area contributed by atoms with E-state index in [1.165, 1.54) is 25.7 Å². The Bertz CT molecular complexity index is 814. The molecule has 0 aromatic heterocycles. The average Bonchev–Trinajstić information content (AvgIpc) is 3.04. The predicted octanol–water partition coefficient (Wildman–Crippen LogP) is 3.03. The molecule has 1 aromatic carbocycles. The Morgan fingerprint density at radius 1 is 1.00 bits per heavy atom. The van der Waals surface area contributed by atoms with Crippen LogP contribution in [-0.4, -0.2) is 60.8 Å². The highest BCUT2D eigenvalue weighted by Crippen LogP contribution is 2.41. The van der Waals surface area contributed by atoms with Crippen molar-refractivity contribution in [2.24, 2.45) is 11.8 Å². The van der Waals surface area contributed by atoms with Crippen LogP contribution in [-0.2, 0) is 9.53 Å².